The largest absolute Gasteiger partial charge is 0.351 e. The van der Waals surface area contributed by atoms with Gasteiger partial charge >= 0.3 is 0 Å². The molecule has 1 atom stereocenters. The minimum absolute atomic E-state index is 0.0493. The molecule has 0 unspecified atom stereocenters. The second-order valence-electron chi connectivity index (χ2n) is 7.63. The van der Waals surface area contributed by atoms with Crippen molar-refractivity contribution in [1.29, 1.82) is 0 Å². The van der Waals surface area contributed by atoms with E-state index in [0.29, 0.717) is 5.92 Å². The number of benzene rings is 1. The highest BCUT2D eigenvalue weighted by atomic mass is 16.1. The van der Waals surface area contributed by atoms with Gasteiger partial charge in [0.25, 0.3) is 5.91 Å². The molecule has 0 aliphatic carbocycles. The average Bonchev–Trinajstić information content (AvgIpc) is 2.92. The van der Waals surface area contributed by atoms with Crippen LogP contribution >= 0.6 is 0 Å². The lowest BCUT2D eigenvalue weighted by Crippen LogP contribution is -2.69. The lowest BCUT2D eigenvalue weighted by atomic mass is 9.72. The number of aromatic nitrogens is 1. The molecule has 2 aromatic rings. The van der Waals surface area contributed by atoms with Crippen LogP contribution in [0.1, 0.15) is 37.0 Å². The molecule has 3 aliphatic heterocycles. The van der Waals surface area contributed by atoms with Gasteiger partial charge in [0.15, 0.2) is 0 Å². The van der Waals surface area contributed by atoms with Gasteiger partial charge in [-0.15, -0.1) is 0 Å². The third-order valence-electron chi connectivity index (χ3n) is 6.02. The summed E-state index contributed by atoms with van der Waals surface area (Å²) in [5.41, 5.74) is 1.97. The fourth-order valence-electron chi connectivity index (χ4n) is 4.52. The van der Waals surface area contributed by atoms with Gasteiger partial charge in [-0.2, -0.15) is 0 Å². The number of piperidine rings is 3. The van der Waals surface area contributed by atoms with Gasteiger partial charge in [0, 0.05) is 41.3 Å². The van der Waals surface area contributed by atoms with Gasteiger partial charge in [-0.1, -0.05) is 0 Å². The zero-order chi connectivity index (χ0) is 16.2. The smallest absolute Gasteiger partial charge is 0.251 e. The SMILES string of the molecule is Cn1ccc2cc(C(=O)N[C@@H]3C4CCN(CC4)C3(C)C)ccc21. The Labute approximate surface area is 137 Å². The van der Waals surface area contributed by atoms with Gasteiger partial charge in [-0.05, 0) is 70.0 Å². The van der Waals surface area contributed by atoms with Crippen molar-refractivity contribution in [1.82, 2.24) is 14.8 Å². The van der Waals surface area contributed by atoms with Crippen LogP contribution in [-0.4, -0.2) is 40.0 Å². The van der Waals surface area contributed by atoms with E-state index >= 15 is 0 Å². The van der Waals surface area contributed by atoms with Crippen molar-refractivity contribution < 1.29 is 4.79 Å². The molecule has 0 spiro atoms. The molecule has 5 rings (SSSR count). The molecule has 1 aromatic heterocycles. The Bertz CT molecular complexity index is 753. The molecule has 4 heteroatoms. The molecule has 4 nitrogen and oxygen atoms in total. The van der Waals surface area contributed by atoms with Crippen LogP contribution < -0.4 is 5.32 Å². The standard InChI is InChI=1S/C19H25N3O/c1-19(2)17(13-7-10-22(19)11-8-13)20-18(23)15-4-5-16-14(12-15)6-9-21(16)3/h4-6,9,12-13,17H,7-8,10-11H2,1-3H3,(H,20,23)/t17-/m1/s1. The fourth-order valence-corrected chi connectivity index (χ4v) is 4.52. The lowest BCUT2D eigenvalue weighted by Gasteiger charge is -2.56. The van der Waals surface area contributed by atoms with Crippen molar-refractivity contribution in [3.8, 4) is 0 Å². The fraction of sp³-hybridized carbons (Fsp3) is 0.526. The van der Waals surface area contributed by atoms with Crippen LogP contribution in [0.25, 0.3) is 10.9 Å². The molecule has 1 amide bonds. The quantitative estimate of drug-likeness (QED) is 0.926. The van der Waals surface area contributed by atoms with Crippen LogP contribution in [-0.2, 0) is 7.05 Å². The normalized spacial score (nSPS) is 28.9. The topological polar surface area (TPSA) is 37.3 Å². The highest BCUT2D eigenvalue weighted by Crippen LogP contribution is 2.39. The molecule has 122 valence electrons. The van der Waals surface area contributed by atoms with E-state index < -0.39 is 0 Å². The van der Waals surface area contributed by atoms with E-state index in [-0.39, 0.29) is 17.5 Å². The van der Waals surface area contributed by atoms with Gasteiger partial charge in [0.05, 0.1) is 0 Å². The molecule has 2 bridgehead atoms. The Kier molecular flexibility index (Phi) is 3.27. The van der Waals surface area contributed by atoms with Gasteiger partial charge in [-0.3, -0.25) is 9.69 Å². The van der Waals surface area contributed by atoms with Crippen molar-refractivity contribution in [2.24, 2.45) is 13.0 Å². The number of rotatable bonds is 2. The monoisotopic (exact) mass is 311 g/mol. The zero-order valence-electron chi connectivity index (χ0n) is 14.2. The number of aryl methyl sites for hydroxylation is 1. The van der Waals surface area contributed by atoms with Crippen molar-refractivity contribution in [2.75, 3.05) is 13.1 Å². The number of carbonyl (C=O) groups is 1. The van der Waals surface area contributed by atoms with Crippen LogP contribution in [0.5, 0.6) is 0 Å². The summed E-state index contributed by atoms with van der Waals surface area (Å²) >= 11 is 0. The second-order valence-corrected chi connectivity index (χ2v) is 7.63. The molecule has 3 aliphatic rings. The summed E-state index contributed by atoms with van der Waals surface area (Å²) in [6.07, 6.45) is 4.43. The number of hydrogen-bond acceptors (Lipinski definition) is 2. The first kappa shape index (κ1) is 14.8. The van der Waals surface area contributed by atoms with E-state index in [1.807, 2.05) is 31.4 Å². The summed E-state index contributed by atoms with van der Waals surface area (Å²) in [6.45, 7) is 6.87. The van der Waals surface area contributed by atoms with Gasteiger partial charge in [0.1, 0.15) is 0 Å². The molecule has 1 aromatic carbocycles. The highest BCUT2D eigenvalue weighted by Gasteiger charge is 2.48. The zero-order valence-corrected chi connectivity index (χ0v) is 14.2. The Hall–Kier alpha value is -1.81. The summed E-state index contributed by atoms with van der Waals surface area (Å²) in [7, 11) is 2.03. The first-order valence-electron chi connectivity index (χ1n) is 8.58. The Morgan fingerprint density at radius 2 is 1.96 bits per heavy atom. The van der Waals surface area contributed by atoms with E-state index in [9.17, 15) is 4.79 Å². The third kappa shape index (κ3) is 2.27. The summed E-state index contributed by atoms with van der Waals surface area (Å²) < 4.78 is 2.08. The molecular weight excluding hydrogens is 286 g/mol. The van der Waals surface area contributed by atoms with Crippen molar-refractivity contribution in [2.45, 2.75) is 38.3 Å². The van der Waals surface area contributed by atoms with Crippen molar-refractivity contribution >= 4 is 16.8 Å². The van der Waals surface area contributed by atoms with Crippen molar-refractivity contribution in [3.05, 3.63) is 36.0 Å². The first-order chi connectivity index (χ1) is 11.0. The third-order valence-corrected chi connectivity index (χ3v) is 6.02. The number of carbonyl (C=O) groups excluding carboxylic acids is 1. The number of fused-ring (bicyclic) bond motifs is 4. The Morgan fingerprint density at radius 1 is 1.22 bits per heavy atom. The minimum Gasteiger partial charge on any atom is -0.351 e. The van der Waals surface area contributed by atoms with E-state index in [4.69, 9.17) is 0 Å². The average molecular weight is 311 g/mol. The number of amides is 1. The summed E-state index contributed by atoms with van der Waals surface area (Å²) in [6, 6.07) is 8.27. The highest BCUT2D eigenvalue weighted by molar-refractivity contribution is 5.98. The van der Waals surface area contributed by atoms with E-state index in [2.05, 4.69) is 34.7 Å². The maximum atomic E-state index is 12.8. The van der Waals surface area contributed by atoms with E-state index in [0.717, 1.165) is 16.5 Å². The molecule has 3 saturated heterocycles. The van der Waals surface area contributed by atoms with Crippen LogP contribution in [0.2, 0.25) is 0 Å². The molecule has 3 fully saturated rings. The van der Waals surface area contributed by atoms with Gasteiger partial charge in [0.2, 0.25) is 0 Å². The van der Waals surface area contributed by atoms with Crippen LogP contribution in [0.15, 0.2) is 30.5 Å². The maximum Gasteiger partial charge on any atom is 0.251 e. The molecule has 23 heavy (non-hydrogen) atoms. The number of nitrogens with one attached hydrogen (secondary N) is 1. The molecule has 4 heterocycles. The van der Waals surface area contributed by atoms with E-state index in [1.165, 1.54) is 25.9 Å². The van der Waals surface area contributed by atoms with Crippen molar-refractivity contribution in [3.63, 3.8) is 0 Å². The minimum atomic E-state index is 0.0493. The van der Waals surface area contributed by atoms with Gasteiger partial charge < -0.3 is 9.88 Å². The Balaban J connectivity index is 1.59. The van der Waals surface area contributed by atoms with Crippen LogP contribution in [0, 0.1) is 5.92 Å². The summed E-state index contributed by atoms with van der Waals surface area (Å²) in [5, 5.41) is 4.46. The molecule has 1 N–H and O–H groups in total. The predicted molar refractivity (Wildman–Crippen MR) is 92.5 cm³/mol. The first-order valence-corrected chi connectivity index (χ1v) is 8.58. The maximum absolute atomic E-state index is 12.8. The molecule has 0 radical (unpaired) electrons. The van der Waals surface area contributed by atoms with E-state index in [1.54, 1.807) is 0 Å². The number of nitrogens with zero attached hydrogens (tertiary/aromatic N) is 2. The summed E-state index contributed by atoms with van der Waals surface area (Å²) in [4.78, 5) is 15.3. The Morgan fingerprint density at radius 3 is 2.65 bits per heavy atom. The molecular formula is C19H25N3O. The molecule has 0 saturated carbocycles. The lowest BCUT2D eigenvalue weighted by molar-refractivity contribution is -0.0378. The van der Waals surface area contributed by atoms with Gasteiger partial charge in [-0.25, -0.2) is 0 Å². The van der Waals surface area contributed by atoms with Crippen LogP contribution in [0.3, 0.4) is 0 Å². The van der Waals surface area contributed by atoms with Crippen LogP contribution in [0.4, 0.5) is 0 Å². The number of hydrogen-bond donors (Lipinski definition) is 1. The summed E-state index contributed by atoms with van der Waals surface area (Å²) in [5.74, 6) is 0.669. The predicted octanol–water partition coefficient (Wildman–Crippen LogP) is 2.78. The second kappa shape index (κ2) is 5.10.